The summed E-state index contributed by atoms with van der Waals surface area (Å²) in [6.45, 7) is 3.24. The second-order valence-electron chi connectivity index (χ2n) is 4.02. The average Bonchev–Trinajstić information content (AvgIpc) is 2.28. The van der Waals surface area contributed by atoms with E-state index in [-0.39, 0.29) is 0 Å². The highest BCUT2D eigenvalue weighted by Gasteiger charge is 1.98. The maximum atomic E-state index is 5.71. The van der Waals surface area contributed by atoms with Crippen molar-refractivity contribution >= 4 is 11.6 Å². The van der Waals surface area contributed by atoms with Crippen molar-refractivity contribution in [3.63, 3.8) is 0 Å². The van der Waals surface area contributed by atoms with Gasteiger partial charge in [0.05, 0.1) is 6.00 Å². The lowest BCUT2D eigenvalue weighted by atomic mass is 10.1. The van der Waals surface area contributed by atoms with Crippen LogP contribution in [0.2, 0.25) is 0 Å². The lowest BCUT2D eigenvalue weighted by Crippen LogP contribution is -2.19. The van der Waals surface area contributed by atoms with Gasteiger partial charge in [0.15, 0.2) is 0 Å². The zero-order valence-electron chi connectivity index (χ0n) is 9.67. The molecule has 0 amide bonds. The normalized spacial score (nSPS) is 10.9. The number of rotatable bonds is 6. The molecule has 0 aliphatic rings. The summed E-state index contributed by atoms with van der Waals surface area (Å²) < 4.78 is 0. The van der Waals surface area contributed by atoms with Crippen LogP contribution in [0.15, 0.2) is 24.3 Å². The van der Waals surface area contributed by atoms with Crippen LogP contribution in [0, 0.1) is 0 Å². The number of hydrogen-bond donors (Lipinski definition) is 0. The molecule has 0 radical (unpaired) electrons. The zero-order valence-corrected chi connectivity index (χ0v) is 10.4. The zero-order chi connectivity index (χ0) is 11.1. The Morgan fingerprint density at radius 3 is 2.07 bits per heavy atom. The fourth-order valence-corrected chi connectivity index (χ4v) is 1.66. The molecule has 2 heteroatoms. The van der Waals surface area contributed by atoms with Gasteiger partial charge in [-0.05, 0) is 31.0 Å². The van der Waals surface area contributed by atoms with Crippen LogP contribution in [0.3, 0.4) is 0 Å². The second-order valence-corrected chi connectivity index (χ2v) is 4.25. The molecule has 1 nitrogen and oxygen atoms in total. The first-order valence-electron chi connectivity index (χ1n) is 5.58. The number of benzene rings is 1. The Labute approximate surface area is 98.0 Å². The van der Waals surface area contributed by atoms with Crippen molar-refractivity contribution < 1.29 is 0 Å². The molecular formula is C13H20ClN. The molecule has 0 fully saturated rings. The number of hydrogen-bond acceptors (Lipinski definition) is 1. The van der Waals surface area contributed by atoms with Gasteiger partial charge in [-0.3, -0.25) is 4.90 Å². The van der Waals surface area contributed by atoms with Gasteiger partial charge in [-0.15, -0.1) is 11.6 Å². The minimum Gasteiger partial charge on any atom is -0.293 e. The predicted octanol–water partition coefficient (Wildman–Crippen LogP) is 3.31. The van der Waals surface area contributed by atoms with Gasteiger partial charge in [0, 0.05) is 6.54 Å². The summed E-state index contributed by atoms with van der Waals surface area (Å²) >= 11 is 5.71. The van der Waals surface area contributed by atoms with Crippen molar-refractivity contribution in [2.75, 3.05) is 19.6 Å². The number of alkyl halides is 1. The van der Waals surface area contributed by atoms with Crippen molar-refractivity contribution in [3.05, 3.63) is 35.4 Å². The molecular weight excluding hydrogens is 206 g/mol. The smallest absolute Gasteiger partial charge is 0.0736 e. The molecule has 84 valence electrons. The van der Waals surface area contributed by atoms with E-state index in [2.05, 4.69) is 36.1 Å². The van der Waals surface area contributed by atoms with E-state index < -0.39 is 0 Å². The van der Waals surface area contributed by atoms with E-state index in [1.807, 2.05) is 7.05 Å². The molecule has 0 unspecified atom stereocenters. The molecule has 0 atom stereocenters. The van der Waals surface area contributed by atoms with Gasteiger partial charge < -0.3 is 0 Å². The first kappa shape index (κ1) is 12.5. The van der Waals surface area contributed by atoms with Crippen LogP contribution < -0.4 is 0 Å². The highest BCUT2D eigenvalue weighted by Crippen LogP contribution is 2.07. The van der Waals surface area contributed by atoms with Gasteiger partial charge in [-0.25, -0.2) is 0 Å². The molecule has 15 heavy (non-hydrogen) atoms. The van der Waals surface area contributed by atoms with Gasteiger partial charge in [-0.1, -0.05) is 37.6 Å². The van der Waals surface area contributed by atoms with Gasteiger partial charge in [0.25, 0.3) is 0 Å². The van der Waals surface area contributed by atoms with Crippen molar-refractivity contribution in [1.29, 1.82) is 0 Å². The van der Waals surface area contributed by atoms with Gasteiger partial charge in [-0.2, -0.15) is 0 Å². The molecule has 1 aromatic rings. The van der Waals surface area contributed by atoms with E-state index in [0.29, 0.717) is 6.00 Å². The highest BCUT2D eigenvalue weighted by atomic mass is 35.5. The topological polar surface area (TPSA) is 3.24 Å². The first-order chi connectivity index (χ1) is 7.26. The van der Waals surface area contributed by atoms with Crippen LogP contribution in [0.1, 0.15) is 24.5 Å². The van der Waals surface area contributed by atoms with Crippen molar-refractivity contribution in [1.82, 2.24) is 4.90 Å². The van der Waals surface area contributed by atoms with Crippen LogP contribution in [-0.2, 0) is 12.8 Å². The van der Waals surface area contributed by atoms with Gasteiger partial charge in [0.2, 0.25) is 0 Å². The lowest BCUT2D eigenvalue weighted by molar-refractivity contribution is 0.394. The fraction of sp³-hybridized carbons (Fsp3) is 0.538. The number of likely N-dealkylation sites (N-methyl/N-ethyl adjacent to an activating group) is 1. The first-order valence-corrected chi connectivity index (χ1v) is 6.12. The molecule has 1 aromatic carbocycles. The van der Waals surface area contributed by atoms with Crippen molar-refractivity contribution in [2.45, 2.75) is 26.2 Å². The molecule has 0 saturated heterocycles. The molecule has 0 bridgehead atoms. The van der Waals surface area contributed by atoms with E-state index in [9.17, 15) is 0 Å². The van der Waals surface area contributed by atoms with Crippen molar-refractivity contribution in [3.8, 4) is 0 Å². The number of halogens is 1. The highest BCUT2D eigenvalue weighted by molar-refractivity contribution is 6.17. The molecule has 0 saturated carbocycles. The fourth-order valence-electron chi connectivity index (χ4n) is 1.54. The molecule has 1 rings (SSSR count). The van der Waals surface area contributed by atoms with Crippen LogP contribution in [0.25, 0.3) is 0 Å². The lowest BCUT2D eigenvalue weighted by Gasteiger charge is -2.12. The summed E-state index contributed by atoms with van der Waals surface area (Å²) in [5.74, 6) is 0. The third-order valence-electron chi connectivity index (χ3n) is 2.55. The average molecular weight is 226 g/mol. The SMILES string of the molecule is CCCc1ccc(CCN(C)CCl)cc1. The van der Waals surface area contributed by atoms with Crippen LogP contribution in [0.5, 0.6) is 0 Å². The summed E-state index contributed by atoms with van der Waals surface area (Å²) in [6.07, 6.45) is 3.48. The minimum absolute atomic E-state index is 0.605. The Hall–Kier alpha value is -0.530. The summed E-state index contributed by atoms with van der Waals surface area (Å²) in [7, 11) is 2.04. The monoisotopic (exact) mass is 225 g/mol. The van der Waals surface area contributed by atoms with Crippen LogP contribution in [0.4, 0.5) is 0 Å². The summed E-state index contributed by atoms with van der Waals surface area (Å²) in [5.41, 5.74) is 2.83. The van der Waals surface area contributed by atoms with Crippen LogP contribution in [-0.4, -0.2) is 24.5 Å². The largest absolute Gasteiger partial charge is 0.293 e. The van der Waals surface area contributed by atoms with E-state index >= 15 is 0 Å². The summed E-state index contributed by atoms with van der Waals surface area (Å²) in [5, 5.41) is 0. The predicted molar refractivity (Wildman–Crippen MR) is 67.5 cm³/mol. The van der Waals surface area contributed by atoms with E-state index in [0.717, 1.165) is 13.0 Å². The molecule has 0 aromatic heterocycles. The van der Waals surface area contributed by atoms with Crippen LogP contribution >= 0.6 is 11.6 Å². The van der Waals surface area contributed by atoms with E-state index in [4.69, 9.17) is 11.6 Å². The quantitative estimate of drug-likeness (QED) is 0.531. The summed E-state index contributed by atoms with van der Waals surface area (Å²) in [4.78, 5) is 2.11. The Bertz CT molecular complexity index is 268. The molecule has 0 N–H and O–H groups in total. The Balaban J connectivity index is 2.42. The van der Waals surface area contributed by atoms with Gasteiger partial charge >= 0.3 is 0 Å². The molecule has 0 aliphatic carbocycles. The Kier molecular flexibility index (Phi) is 5.74. The maximum absolute atomic E-state index is 5.71. The standard InChI is InChI=1S/C13H20ClN/c1-3-4-12-5-7-13(8-6-12)9-10-15(2)11-14/h5-8H,3-4,9-11H2,1-2H3. The van der Waals surface area contributed by atoms with Gasteiger partial charge in [0.1, 0.15) is 0 Å². The summed E-state index contributed by atoms with van der Waals surface area (Å²) in [6, 6.07) is 9.53. The number of nitrogens with zero attached hydrogens (tertiary/aromatic N) is 1. The number of aryl methyl sites for hydroxylation is 1. The maximum Gasteiger partial charge on any atom is 0.0736 e. The van der Waals surface area contributed by atoms with E-state index in [1.54, 1.807) is 0 Å². The second kappa shape index (κ2) is 6.86. The third-order valence-corrected chi connectivity index (χ3v) is 2.96. The van der Waals surface area contributed by atoms with E-state index in [1.165, 1.54) is 24.0 Å². The van der Waals surface area contributed by atoms with Crippen molar-refractivity contribution in [2.24, 2.45) is 0 Å². The molecule has 0 spiro atoms. The molecule has 0 aliphatic heterocycles. The molecule has 0 heterocycles. The Morgan fingerprint density at radius 2 is 1.60 bits per heavy atom. The third kappa shape index (κ3) is 4.67. The Morgan fingerprint density at radius 1 is 1.07 bits per heavy atom. The minimum atomic E-state index is 0.605.